The molecule has 94 valence electrons. The van der Waals surface area contributed by atoms with Gasteiger partial charge in [-0.2, -0.15) is 0 Å². The summed E-state index contributed by atoms with van der Waals surface area (Å²) in [5.41, 5.74) is 1.96. The molecular weight excluding hydrogens is 230 g/mol. The molecule has 0 N–H and O–H groups in total. The maximum atomic E-state index is 12.2. The van der Waals surface area contributed by atoms with Gasteiger partial charge in [0.25, 0.3) is 0 Å². The number of carbonyl (C=O) groups is 1. The van der Waals surface area contributed by atoms with Crippen molar-refractivity contribution in [3.05, 3.63) is 36.2 Å². The van der Waals surface area contributed by atoms with Crippen LogP contribution in [0, 0.1) is 0 Å². The van der Waals surface area contributed by atoms with Crippen molar-refractivity contribution in [1.82, 2.24) is 4.90 Å². The fourth-order valence-corrected chi connectivity index (χ4v) is 2.55. The summed E-state index contributed by atoms with van der Waals surface area (Å²) in [4.78, 5) is 14.3. The highest BCUT2D eigenvalue weighted by molar-refractivity contribution is 8.15. The molecule has 0 bridgehead atoms. The molecule has 0 aliphatic carbocycles. The van der Waals surface area contributed by atoms with E-state index < -0.39 is 0 Å². The number of thioether (sulfide) groups is 1. The van der Waals surface area contributed by atoms with Gasteiger partial charge in [0.15, 0.2) is 0 Å². The van der Waals surface area contributed by atoms with Gasteiger partial charge >= 0.3 is 0 Å². The van der Waals surface area contributed by atoms with Crippen molar-refractivity contribution in [2.24, 2.45) is 0 Å². The van der Waals surface area contributed by atoms with Crippen molar-refractivity contribution < 1.29 is 4.79 Å². The molecular formula is C14H21NOS. The normalized spacial score (nSPS) is 16.4. The molecule has 0 aromatic rings. The molecule has 17 heavy (non-hydrogen) atoms. The number of allylic oxidation sites excluding steroid dienone is 2. The lowest BCUT2D eigenvalue weighted by atomic mass is 10.1. The topological polar surface area (TPSA) is 20.3 Å². The SMILES string of the molecule is C=CCN1C=CCC(C(=O)SC(C)(C)C)=C1C. The van der Waals surface area contributed by atoms with Crippen molar-refractivity contribution in [2.75, 3.05) is 6.54 Å². The first-order chi connectivity index (χ1) is 7.85. The molecule has 1 rings (SSSR count). The molecule has 0 radical (unpaired) electrons. The van der Waals surface area contributed by atoms with E-state index in [1.165, 1.54) is 11.8 Å². The monoisotopic (exact) mass is 251 g/mol. The Morgan fingerprint density at radius 1 is 1.59 bits per heavy atom. The Morgan fingerprint density at radius 2 is 2.24 bits per heavy atom. The van der Waals surface area contributed by atoms with Crippen LogP contribution < -0.4 is 0 Å². The third-order valence-electron chi connectivity index (χ3n) is 2.45. The predicted molar refractivity (Wildman–Crippen MR) is 75.7 cm³/mol. The van der Waals surface area contributed by atoms with E-state index in [2.05, 4.69) is 32.3 Å². The van der Waals surface area contributed by atoms with Gasteiger partial charge in [0.1, 0.15) is 0 Å². The maximum Gasteiger partial charge on any atom is 0.217 e. The van der Waals surface area contributed by atoms with Crippen LogP contribution in [0.25, 0.3) is 0 Å². The smallest absolute Gasteiger partial charge is 0.217 e. The first-order valence-electron chi connectivity index (χ1n) is 5.82. The van der Waals surface area contributed by atoms with Gasteiger partial charge in [-0.3, -0.25) is 4.79 Å². The molecule has 0 unspecified atom stereocenters. The molecule has 0 aromatic heterocycles. The van der Waals surface area contributed by atoms with Crippen LogP contribution in [-0.2, 0) is 4.79 Å². The second-order valence-electron chi connectivity index (χ2n) is 5.10. The number of hydrogen-bond donors (Lipinski definition) is 0. The molecule has 1 heterocycles. The van der Waals surface area contributed by atoms with E-state index in [1.54, 1.807) is 0 Å². The first kappa shape index (κ1) is 14.1. The lowest BCUT2D eigenvalue weighted by molar-refractivity contribution is -0.108. The summed E-state index contributed by atoms with van der Waals surface area (Å²) in [7, 11) is 0. The maximum absolute atomic E-state index is 12.2. The quantitative estimate of drug-likeness (QED) is 0.713. The third-order valence-corrected chi connectivity index (χ3v) is 3.49. The van der Waals surface area contributed by atoms with E-state index in [0.29, 0.717) is 0 Å². The number of carbonyl (C=O) groups excluding carboxylic acids is 1. The molecule has 0 saturated heterocycles. The van der Waals surface area contributed by atoms with Crippen LogP contribution in [-0.4, -0.2) is 21.3 Å². The molecule has 0 atom stereocenters. The minimum absolute atomic E-state index is 0.0329. The Hall–Kier alpha value is -0.960. The van der Waals surface area contributed by atoms with Crippen LogP contribution in [0.15, 0.2) is 36.2 Å². The van der Waals surface area contributed by atoms with Crippen LogP contribution in [0.2, 0.25) is 0 Å². The Bertz CT molecular complexity index is 374. The molecule has 0 saturated carbocycles. The van der Waals surface area contributed by atoms with Crippen LogP contribution in [0.5, 0.6) is 0 Å². The third kappa shape index (κ3) is 4.08. The van der Waals surface area contributed by atoms with Crippen LogP contribution in [0.1, 0.15) is 34.1 Å². The van der Waals surface area contributed by atoms with E-state index in [0.717, 1.165) is 24.2 Å². The second kappa shape index (κ2) is 5.58. The van der Waals surface area contributed by atoms with Gasteiger partial charge in [-0.15, -0.1) is 6.58 Å². The fraction of sp³-hybridized carbons (Fsp3) is 0.500. The Balaban J connectivity index is 2.85. The first-order valence-corrected chi connectivity index (χ1v) is 6.64. The summed E-state index contributed by atoms with van der Waals surface area (Å²) in [6, 6.07) is 0. The van der Waals surface area contributed by atoms with Gasteiger partial charge in [0.05, 0.1) is 0 Å². The highest BCUT2D eigenvalue weighted by Crippen LogP contribution is 2.31. The fourth-order valence-electron chi connectivity index (χ4n) is 1.64. The minimum atomic E-state index is -0.0329. The zero-order valence-corrected chi connectivity index (χ0v) is 11.9. The summed E-state index contributed by atoms with van der Waals surface area (Å²) in [6.45, 7) is 12.7. The largest absolute Gasteiger partial charge is 0.348 e. The zero-order chi connectivity index (χ0) is 13.1. The van der Waals surface area contributed by atoms with Gasteiger partial charge in [-0.05, 0) is 13.3 Å². The second-order valence-corrected chi connectivity index (χ2v) is 6.90. The number of nitrogens with zero attached hydrogens (tertiary/aromatic N) is 1. The molecule has 3 heteroatoms. The van der Waals surface area contributed by atoms with Crippen LogP contribution in [0.3, 0.4) is 0 Å². The number of hydrogen-bond acceptors (Lipinski definition) is 3. The minimum Gasteiger partial charge on any atom is -0.348 e. The van der Waals surface area contributed by atoms with Crippen molar-refractivity contribution in [3.8, 4) is 0 Å². The zero-order valence-electron chi connectivity index (χ0n) is 11.1. The summed E-state index contributed by atoms with van der Waals surface area (Å²) < 4.78 is -0.0329. The van der Waals surface area contributed by atoms with Gasteiger partial charge < -0.3 is 4.90 Å². The van der Waals surface area contributed by atoms with E-state index in [9.17, 15) is 4.79 Å². The van der Waals surface area contributed by atoms with Crippen LogP contribution in [0.4, 0.5) is 0 Å². The summed E-state index contributed by atoms with van der Waals surface area (Å²) >= 11 is 1.40. The van der Waals surface area contributed by atoms with E-state index in [1.807, 2.05) is 25.3 Å². The van der Waals surface area contributed by atoms with Gasteiger partial charge in [0.2, 0.25) is 5.12 Å². The molecule has 0 amide bonds. The van der Waals surface area contributed by atoms with E-state index in [-0.39, 0.29) is 9.86 Å². The van der Waals surface area contributed by atoms with E-state index >= 15 is 0 Å². The van der Waals surface area contributed by atoms with Crippen molar-refractivity contribution in [3.63, 3.8) is 0 Å². The molecule has 1 aliphatic rings. The van der Waals surface area contributed by atoms with Gasteiger partial charge in [-0.25, -0.2) is 0 Å². The Labute approximate surface area is 108 Å². The molecule has 1 aliphatic heterocycles. The predicted octanol–water partition coefficient (Wildman–Crippen LogP) is 3.72. The van der Waals surface area contributed by atoms with Crippen LogP contribution >= 0.6 is 11.8 Å². The molecule has 0 fully saturated rings. The molecule has 0 aromatic carbocycles. The lowest BCUT2D eigenvalue weighted by Crippen LogP contribution is -2.22. The molecule has 2 nitrogen and oxygen atoms in total. The van der Waals surface area contributed by atoms with Crippen molar-refractivity contribution in [1.29, 1.82) is 0 Å². The van der Waals surface area contributed by atoms with Crippen molar-refractivity contribution >= 4 is 16.9 Å². The van der Waals surface area contributed by atoms with Crippen molar-refractivity contribution in [2.45, 2.75) is 38.9 Å². The highest BCUT2D eigenvalue weighted by atomic mass is 32.2. The lowest BCUT2D eigenvalue weighted by Gasteiger charge is -2.27. The van der Waals surface area contributed by atoms with Gasteiger partial charge in [-0.1, -0.05) is 44.7 Å². The van der Waals surface area contributed by atoms with E-state index in [4.69, 9.17) is 0 Å². The summed E-state index contributed by atoms with van der Waals surface area (Å²) in [6.07, 6.45) is 6.64. The number of rotatable bonds is 3. The Morgan fingerprint density at radius 3 is 2.76 bits per heavy atom. The standard InChI is InChI=1S/C14H21NOS/c1-6-9-15-10-7-8-12(11(15)2)13(16)17-14(3,4)5/h6-7,10H,1,8-9H2,2-5H3. The van der Waals surface area contributed by atoms with Gasteiger partial charge in [0, 0.05) is 28.8 Å². The molecule has 0 spiro atoms. The highest BCUT2D eigenvalue weighted by Gasteiger charge is 2.23. The summed E-state index contributed by atoms with van der Waals surface area (Å²) in [5, 5.41) is 0.188. The average Bonchev–Trinajstić information content (AvgIpc) is 2.18. The average molecular weight is 251 g/mol. The summed E-state index contributed by atoms with van der Waals surface area (Å²) in [5.74, 6) is 0. The Kier molecular flexibility index (Phi) is 4.63.